The third kappa shape index (κ3) is 2.27. The molecule has 0 fully saturated rings. The smallest absolute Gasteiger partial charge is 0.244 e. The zero-order valence-electron chi connectivity index (χ0n) is 10.1. The Bertz CT molecular complexity index is 718. The number of pyridine rings is 1. The van der Waals surface area contributed by atoms with Crippen LogP contribution in [0.1, 0.15) is 18.4 Å². The minimum Gasteiger partial charge on any atom is -0.337 e. The quantitative estimate of drug-likeness (QED) is 0.739. The Kier molecular flexibility index (Phi) is 3.10. The molecule has 0 radical (unpaired) electrons. The van der Waals surface area contributed by atoms with Crippen LogP contribution in [0.4, 0.5) is 0 Å². The van der Waals surface area contributed by atoms with Crippen molar-refractivity contribution in [3.05, 3.63) is 42.3 Å². The number of hydrogen-bond donors (Lipinski definition) is 1. The Morgan fingerprint density at radius 2 is 2.42 bits per heavy atom. The van der Waals surface area contributed by atoms with Gasteiger partial charge < -0.3 is 10.3 Å². The number of rotatable bonds is 4. The van der Waals surface area contributed by atoms with Crippen LogP contribution in [0.15, 0.2) is 40.9 Å². The molecule has 3 aromatic rings. The van der Waals surface area contributed by atoms with Crippen molar-refractivity contribution < 1.29 is 4.52 Å². The summed E-state index contributed by atoms with van der Waals surface area (Å²) in [6.07, 6.45) is 4.07. The second-order valence-corrected chi connectivity index (χ2v) is 5.06. The molecule has 0 aliphatic carbocycles. The van der Waals surface area contributed by atoms with Gasteiger partial charge in [0.15, 0.2) is 0 Å². The summed E-state index contributed by atoms with van der Waals surface area (Å²) in [6.45, 7) is 3.64. The van der Waals surface area contributed by atoms with Gasteiger partial charge in [-0.15, -0.1) is 17.9 Å². The first-order valence-corrected chi connectivity index (χ1v) is 6.69. The maximum Gasteiger partial charge on any atom is 0.244 e. The number of nitrogens with zero attached hydrogens (tertiary/aromatic N) is 3. The van der Waals surface area contributed by atoms with Crippen molar-refractivity contribution in [2.75, 3.05) is 0 Å². The van der Waals surface area contributed by atoms with E-state index in [0.717, 1.165) is 15.8 Å². The minimum absolute atomic E-state index is 0.308. The normalized spacial score (nSPS) is 12.7. The lowest BCUT2D eigenvalue weighted by Gasteiger charge is -2.00. The molecule has 1 atom stereocenters. The molecule has 0 aromatic carbocycles. The Morgan fingerprint density at radius 1 is 1.53 bits per heavy atom. The van der Waals surface area contributed by atoms with Gasteiger partial charge in [-0.2, -0.15) is 4.98 Å². The molecule has 1 unspecified atom stereocenters. The molecule has 0 bridgehead atoms. The third-order valence-corrected chi connectivity index (χ3v) is 3.59. The highest BCUT2D eigenvalue weighted by molar-refractivity contribution is 7.17. The molecule has 0 aliphatic heterocycles. The monoisotopic (exact) mass is 272 g/mol. The Balaban J connectivity index is 1.95. The molecule has 3 heterocycles. The van der Waals surface area contributed by atoms with Gasteiger partial charge in [-0.1, -0.05) is 11.2 Å². The Labute approximate surface area is 113 Å². The SMILES string of the molecule is C=CCC(N)c1nc(-c2cnc3ccsc3c2)no1. The fourth-order valence-corrected chi connectivity index (χ4v) is 2.53. The molecule has 3 rings (SSSR count). The van der Waals surface area contributed by atoms with E-state index in [0.29, 0.717) is 18.1 Å². The van der Waals surface area contributed by atoms with E-state index in [4.69, 9.17) is 10.3 Å². The first kappa shape index (κ1) is 12.0. The molecule has 2 N–H and O–H groups in total. The summed E-state index contributed by atoms with van der Waals surface area (Å²) >= 11 is 1.63. The van der Waals surface area contributed by atoms with Crippen molar-refractivity contribution in [1.29, 1.82) is 0 Å². The molecule has 5 nitrogen and oxygen atoms in total. The molecular formula is C13H12N4OS. The Morgan fingerprint density at radius 3 is 3.26 bits per heavy atom. The largest absolute Gasteiger partial charge is 0.337 e. The zero-order chi connectivity index (χ0) is 13.2. The molecule has 0 saturated carbocycles. The van der Waals surface area contributed by atoms with E-state index in [-0.39, 0.29) is 6.04 Å². The van der Waals surface area contributed by atoms with Crippen molar-refractivity contribution in [3.63, 3.8) is 0 Å². The number of fused-ring (bicyclic) bond motifs is 1. The predicted octanol–water partition coefficient (Wildman–Crippen LogP) is 2.92. The number of aromatic nitrogens is 3. The van der Waals surface area contributed by atoms with Crippen LogP contribution in [0.25, 0.3) is 21.6 Å². The lowest BCUT2D eigenvalue weighted by molar-refractivity contribution is 0.356. The van der Waals surface area contributed by atoms with Gasteiger partial charge in [0.05, 0.1) is 16.3 Å². The van der Waals surface area contributed by atoms with E-state index < -0.39 is 0 Å². The van der Waals surface area contributed by atoms with Crippen LogP contribution in [-0.2, 0) is 0 Å². The van der Waals surface area contributed by atoms with E-state index >= 15 is 0 Å². The van der Waals surface area contributed by atoms with Crippen LogP contribution in [0, 0.1) is 0 Å². The summed E-state index contributed by atoms with van der Waals surface area (Å²) in [6, 6.07) is 3.67. The van der Waals surface area contributed by atoms with Gasteiger partial charge in [-0.25, -0.2) is 0 Å². The number of thiophene rings is 1. The summed E-state index contributed by atoms with van der Waals surface area (Å²) < 4.78 is 6.27. The standard InChI is InChI=1S/C13H12N4OS/c1-2-3-9(14)13-16-12(17-18-13)8-6-11-10(15-7-8)4-5-19-11/h2,4-7,9H,1,3,14H2. The Hall–Kier alpha value is -2.05. The fourth-order valence-electron chi connectivity index (χ4n) is 1.75. The average Bonchev–Trinajstić information content (AvgIpc) is 3.07. The van der Waals surface area contributed by atoms with Gasteiger partial charge in [-0.05, 0) is 23.9 Å². The van der Waals surface area contributed by atoms with Crippen LogP contribution in [0.3, 0.4) is 0 Å². The third-order valence-electron chi connectivity index (χ3n) is 2.74. The molecule has 96 valence electrons. The van der Waals surface area contributed by atoms with Gasteiger partial charge in [0.25, 0.3) is 0 Å². The highest BCUT2D eigenvalue weighted by atomic mass is 32.1. The van der Waals surface area contributed by atoms with Crippen LogP contribution < -0.4 is 5.73 Å². The lowest BCUT2D eigenvalue weighted by Crippen LogP contribution is -2.09. The molecule has 3 aromatic heterocycles. The van der Waals surface area contributed by atoms with E-state index in [9.17, 15) is 0 Å². The number of nitrogens with two attached hydrogens (primary N) is 1. The molecule has 0 saturated heterocycles. The highest BCUT2D eigenvalue weighted by Crippen LogP contribution is 2.25. The summed E-state index contributed by atoms with van der Waals surface area (Å²) in [5.74, 6) is 0.929. The second kappa shape index (κ2) is 4.91. The summed E-state index contributed by atoms with van der Waals surface area (Å²) in [4.78, 5) is 8.65. The van der Waals surface area contributed by atoms with Crippen LogP contribution in [0.2, 0.25) is 0 Å². The van der Waals surface area contributed by atoms with Gasteiger partial charge in [0.1, 0.15) is 0 Å². The molecule has 0 aliphatic rings. The summed E-state index contributed by atoms with van der Waals surface area (Å²) in [5, 5.41) is 5.95. The van der Waals surface area contributed by atoms with Crippen LogP contribution in [-0.4, -0.2) is 15.1 Å². The van der Waals surface area contributed by atoms with E-state index in [1.54, 1.807) is 23.6 Å². The molecular weight excluding hydrogens is 260 g/mol. The average molecular weight is 272 g/mol. The van der Waals surface area contributed by atoms with Gasteiger partial charge >= 0.3 is 0 Å². The lowest BCUT2D eigenvalue weighted by atomic mass is 10.2. The second-order valence-electron chi connectivity index (χ2n) is 4.12. The maximum atomic E-state index is 5.89. The first-order chi connectivity index (χ1) is 9.28. The van der Waals surface area contributed by atoms with Crippen molar-refractivity contribution in [2.45, 2.75) is 12.5 Å². The van der Waals surface area contributed by atoms with E-state index in [1.807, 2.05) is 17.5 Å². The van der Waals surface area contributed by atoms with Gasteiger partial charge in [-0.3, -0.25) is 4.98 Å². The molecule has 6 heteroatoms. The fraction of sp³-hybridized carbons (Fsp3) is 0.154. The first-order valence-electron chi connectivity index (χ1n) is 5.81. The summed E-state index contributed by atoms with van der Waals surface area (Å²) in [7, 11) is 0. The predicted molar refractivity (Wildman–Crippen MR) is 74.7 cm³/mol. The highest BCUT2D eigenvalue weighted by Gasteiger charge is 2.15. The molecule has 19 heavy (non-hydrogen) atoms. The topological polar surface area (TPSA) is 77.8 Å². The van der Waals surface area contributed by atoms with Crippen molar-refractivity contribution in [2.24, 2.45) is 5.73 Å². The summed E-state index contributed by atoms with van der Waals surface area (Å²) in [5.41, 5.74) is 7.69. The van der Waals surface area contributed by atoms with Crippen molar-refractivity contribution in [3.8, 4) is 11.4 Å². The van der Waals surface area contributed by atoms with Crippen molar-refractivity contribution in [1.82, 2.24) is 15.1 Å². The number of hydrogen-bond acceptors (Lipinski definition) is 6. The van der Waals surface area contributed by atoms with Gasteiger partial charge in [0, 0.05) is 11.8 Å². The van der Waals surface area contributed by atoms with E-state index in [1.165, 1.54) is 0 Å². The zero-order valence-corrected chi connectivity index (χ0v) is 10.9. The molecule has 0 amide bonds. The van der Waals surface area contributed by atoms with Gasteiger partial charge in [0.2, 0.25) is 11.7 Å². The van der Waals surface area contributed by atoms with Crippen LogP contribution in [0.5, 0.6) is 0 Å². The maximum absolute atomic E-state index is 5.89. The van der Waals surface area contributed by atoms with Crippen LogP contribution >= 0.6 is 11.3 Å². The minimum atomic E-state index is -0.308. The van der Waals surface area contributed by atoms with E-state index in [2.05, 4.69) is 21.7 Å². The van der Waals surface area contributed by atoms with Crippen molar-refractivity contribution >= 4 is 21.6 Å². The molecule has 0 spiro atoms.